The monoisotopic (exact) mass is 279 g/mol. The maximum absolute atomic E-state index is 12.0. The first-order chi connectivity index (χ1) is 9.45. The summed E-state index contributed by atoms with van der Waals surface area (Å²) in [6.07, 6.45) is 0.833. The van der Waals surface area contributed by atoms with E-state index in [1.165, 1.54) is 4.90 Å². The maximum Gasteiger partial charge on any atom is 0.337 e. The third-order valence-corrected chi connectivity index (χ3v) is 2.91. The normalized spacial score (nSPS) is 10.2. The SMILES string of the molecule is CNCCCN(C)C(=O)Nc1ccc(C)cc1C(=O)O. The molecule has 1 rings (SSSR count). The van der Waals surface area contributed by atoms with Gasteiger partial charge in [-0.1, -0.05) is 11.6 Å². The zero-order chi connectivity index (χ0) is 15.1. The predicted octanol–water partition coefficient (Wildman–Crippen LogP) is 1.77. The van der Waals surface area contributed by atoms with Gasteiger partial charge in [-0.15, -0.1) is 0 Å². The summed E-state index contributed by atoms with van der Waals surface area (Å²) in [5.41, 5.74) is 1.25. The molecule has 6 nitrogen and oxygen atoms in total. The summed E-state index contributed by atoms with van der Waals surface area (Å²) >= 11 is 0. The zero-order valence-electron chi connectivity index (χ0n) is 12.1. The fraction of sp³-hybridized carbons (Fsp3) is 0.429. The smallest absolute Gasteiger partial charge is 0.337 e. The lowest BCUT2D eigenvalue weighted by Gasteiger charge is -2.18. The Balaban J connectivity index is 2.72. The molecule has 0 spiro atoms. The molecule has 0 radical (unpaired) electrons. The quantitative estimate of drug-likeness (QED) is 0.693. The van der Waals surface area contributed by atoms with Crippen molar-refractivity contribution in [3.63, 3.8) is 0 Å². The second-order valence-corrected chi connectivity index (χ2v) is 4.66. The first-order valence-electron chi connectivity index (χ1n) is 6.46. The van der Waals surface area contributed by atoms with Gasteiger partial charge in [0.2, 0.25) is 0 Å². The number of aromatic carboxylic acids is 1. The van der Waals surface area contributed by atoms with Crippen LogP contribution in [0.5, 0.6) is 0 Å². The molecule has 1 aromatic carbocycles. The summed E-state index contributed by atoms with van der Waals surface area (Å²) in [5, 5.41) is 14.8. The zero-order valence-corrected chi connectivity index (χ0v) is 12.1. The molecule has 20 heavy (non-hydrogen) atoms. The Morgan fingerprint density at radius 3 is 2.65 bits per heavy atom. The molecule has 110 valence electrons. The number of benzene rings is 1. The number of nitrogens with zero attached hydrogens (tertiary/aromatic N) is 1. The van der Waals surface area contributed by atoms with E-state index in [1.54, 1.807) is 25.2 Å². The number of anilines is 1. The highest BCUT2D eigenvalue weighted by atomic mass is 16.4. The molecule has 0 aliphatic rings. The lowest BCUT2D eigenvalue weighted by molar-refractivity contribution is 0.0698. The van der Waals surface area contributed by atoms with Gasteiger partial charge in [0, 0.05) is 13.6 Å². The third kappa shape index (κ3) is 4.55. The highest BCUT2D eigenvalue weighted by Crippen LogP contribution is 2.17. The second-order valence-electron chi connectivity index (χ2n) is 4.66. The number of hydrogen-bond acceptors (Lipinski definition) is 3. The Labute approximate surface area is 118 Å². The average Bonchev–Trinajstić information content (AvgIpc) is 2.40. The molecule has 0 aliphatic heterocycles. The highest BCUT2D eigenvalue weighted by Gasteiger charge is 2.14. The number of carboxylic acid groups (broad SMARTS) is 1. The summed E-state index contributed by atoms with van der Waals surface area (Å²) in [6, 6.07) is 4.60. The van der Waals surface area contributed by atoms with Crippen LogP contribution in [-0.2, 0) is 0 Å². The molecule has 0 saturated heterocycles. The lowest BCUT2D eigenvalue weighted by atomic mass is 10.1. The number of urea groups is 1. The first-order valence-corrected chi connectivity index (χ1v) is 6.46. The number of aryl methyl sites for hydroxylation is 1. The number of carboxylic acids is 1. The van der Waals surface area contributed by atoms with Crippen LogP contribution >= 0.6 is 0 Å². The average molecular weight is 279 g/mol. The minimum absolute atomic E-state index is 0.0991. The largest absolute Gasteiger partial charge is 0.478 e. The van der Waals surface area contributed by atoms with Crippen LogP contribution in [0.2, 0.25) is 0 Å². The Hall–Kier alpha value is -2.08. The number of carbonyl (C=O) groups excluding carboxylic acids is 1. The standard InChI is InChI=1S/C14H21N3O3/c1-10-5-6-12(11(9-10)13(18)19)16-14(20)17(3)8-4-7-15-2/h5-6,9,15H,4,7-8H2,1-3H3,(H,16,20)(H,18,19). The molecule has 0 heterocycles. The van der Waals surface area contributed by atoms with E-state index in [1.807, 2.05) is 14.0 Å². The van der Waals surface area contributed by atoms with Gasteiger partial charge in [0.25, 0.3) is 0 Å². The van der Waals surface area contributed by atoms with Gasteiger partial charge in [0.15, 0.2) is 0 Å². The molecule has 0 fully saturated rings. The number of nitrogens with one attached hydrogen (secondary N) is 2. The molecule has 0 unspecified atom stereocenters. The van der Waals surface area contributed by atoms with Crippen molar-refractivity contribution in [3.05, 3.63) is 29.3 Å². The van der Waals surface area contributed by atoms with Crippen molar-refractivity contribution < 1.29 is 14.7 Å². The summed E-state index contributed by atoms with van der Waals surface area (Å²) < 4.78 is 0. The molecule has 6 heteroatoms. The van der Waals surface area contributed by atoms with Gasteiger partial charge in [-0.3, -0.25) is 0 Å². The van der Waals surface area contributed by atoms with E-state index < -0.39 is 5.97 Å². The molecular weight excluding hydrogens is 258 g/mol. The van der Waals surface area contributed by atoms with Crippen molar-refractivity contribution in [1.29, 1.82) is 0 Å². The van der Waals surface area contributed by atoms with Crippen molar-refractivity contribution in [1.82, 2.24) is 10.2 Å². The highest BCUT2D eigenvalue weighted by molar-refractivity contribution is 6.00. The van der Waals surface area contributed by atoms with E-state index >= 15 is 0 Å². The molecule has 0 aliphatic carbocycles. The topological polar surface area (TPSA) is 81.7 Å². The van der Waals surface area contributed by atoms with E-state index in [0.717, 1.165) is 18.5 Å². The van der Waals surface area contributed by atoms with Crippen LogP contribution in [-0.4, -0.2) is 49.2 Å². The van der Waals surface area contributed by atoms with Gasteiger partial charge in [0.1, 0.15) is 0 Å². The van der Waals surface area contributed by atoms with Gasteiger partial charge in [-0.2, -0.15) is 0 Å². The number of amides is 2. The number of rotatable bonds is 6. The number of hydrogen-bond donors (Lipinski definition) is 3. The third-order valence-electron chi connectivity index (χ3n) is 2.91. The Morgan fingerprint density at radius 1 is 1.35 bits per heavy atom. The summed E-state index contributed by atoms with van der Waals surface area (Å²) in [4.78, 5) is 24.7. The molecule has 0 atom stereocenters. The molecular formula is C14H21N3O3. The van der Waals surface area contributed by atoms with E-state index in [4.69, 9.17) is 5.11 Å². The van der Waals surface area contributed by atoms with Crippen molar-refractivity contribution >= 4 is 17.7 Å². The predicted molar refractivity (Wildman–Crippen MR) is 78.3 cm³/mol. The van der Waals surface area contributed by atoms with Crippen LogP contribution in [0.3, 0.4) is 0 Å². The summed E-state index contributed by atoms with van der Waals surface area (Å²) in [7, 11) is 3.53. The van der Waals surface area contributed by atoms with Gasteiger partial charge >= 0.3 is 12.0 Å². The van der Waals surface area contributed by atoms with Gasteiger partial charge < -0.3 is 20.6 Å². The molecule has 2 amide bonds. The maximum atomic E-state index is 12.0. The van der Waals surface area contributed by atoms with Crippen LogP contribution in [0.15, 0.2) is 18.2 Å². The van der Waals surface area contributed by atoms with Crippen molar-refractivity contribution in [2.24, 2.45) is 0 Å². The molecule has 0 bridgehead atoms. The van der Waals surface area contributed by atoms with E-state index in [0.29, 0.717) is 12.2 Å². The van der Waals surface area contributed by atoms with Crippen molar-refractivity contribution in [2.75, 3.05) is 32.5 Å². The van der Waals surface area contributed by atoms with E-state index in [-0.39, 0.29) is 11.6 Å². The molecule has 0 aromatic heterocycles. The van der Waals surface area contributed by atoms with Gasteiger partial charge in [0.05, 0.1) is 11.3 Å². The van der Waals surface area contributed by atoms with Crippen LogP contribution in [0.25, 0.3) is 0 Å². The first kappa shape index (κ1) is 16.0. The van der Waals surface area contributed by atoms with E-state index in [2.05, 4.69) is 10.6 Å². The number of carbonyl (C=O) groups is 2. The molecule has 0 saturated carbocycles. The molecule has 1 aromatic rings. The van der Waals surface area contributed by atoms with E-state index in [9.17, 15) is 9.59 Å². The van der Waals surface area contributed by atoms with Crippen LogP contribution in [0.1, 0.15) is 22.3 Å². The van der Waals surface area contributed by atoms with Crippen molar-refractivity contribution in [3.8, 4) is 0 Å². The minimum atomic E-state index is -1.05. The lowest BCUT2D eigenvalue weighted by Crippen LogP contribution is -2.33. The Bertz CT molecular complexity index is 489. The Kier molecular flexibility index (Phi) is 5.99. The fourth-order valence-corrected chi connectivity index (χ4v) is 1.75. The molecule has 3 N–H and O–H groups in total. The fourth-order valence-electron chi connectivity index (χ4n) is 1.75. The van der Waals surface area contributed by atoms with Gasteiger partial charge in [-0.25, -0.2) is 9.59 Å². The van der Waals surface area contributed by atoms with Gasteiger partial charge in [-0.05, 0) is 39.1 Å². The summed E-state index contributed by atoms with van der Waals surface area (Å²) in [6.45, 7) is 3.23. The summed E-state index contributed by atoms with van der Waals surface area (Å²) in [5.74, 6) is -1.05. The van der Waals surface area contributed by atoms with Crippen LogP contribution in [0, 0.1) is 6.92 Å². The van der Waals surface area contributed by atoms with Crippen LogP contribution < -0.4 is 10.6 Å². The minimum Gasteiger partial charge on any atom is -0.478 e. The van der Waals surface area contributed by atoms with Crippen molar-refractivity contribution in [2.45, 2.75) is 13.3 Å². The Morgan fingerprint density at radius 2 is 2.05 bits per heavy atom. The van der Waals surface area contributed by atoms with Crippen LogP contribution in [0.4, 0.5) is 10.5 Å². The second kappa shape index (κ2) is 7.49.